The third kappa shape index (κ3) is 2.73. The van der Waals surface area contributed by atoms with Gasteiger partial charge in [-0.15, -0.1) is 0 Å². The molecule has 0 aromatic heterocycles. The fourth-order valence-electron chi connectivity index (χ4n) is 3.25. The number of hydrogen-bond donors (Lipinski definition) is 1. The Morgan fingerprint density at radius 1 is 1.15 bits per heavy atom. The monoisotopic (exact) mass is 288 g/mol. The highest BCUT2D eigenvalue weighted by molar-refractivity contribution is 8.15. The Morgan fingerprint density at radius 2 is 1.80 bits per heavy atom. The normalized spacial score (nSPS) is 30.1. The first-order valence-corrected chi connectivity index (χ1v) is 8.39. The van der Waals surface area contributed by atoms with Crippen LogP contribution in [0.4, 0.5) is 0 Å². The van der Waals surface area contributed by atoms with Crippen LogP contribution in [0.1, 0.15) is 52.0 Å². The lowest BCUT2D eigenvalue weighted by Gasteiger charge is -2.41. The molecule has 1 aliphatic heterocycles. The number of benzene rings is 1. The smallest absolute Gasteiger partial charge is 0.126 e. The molecule has 1 N–H and O–H groups in total. The number of rotatable bonds is 1. The quantitative estimate of drug-likeness (QED) is 0.815. The summed E-state index contributed by atoms with van der Waals surface area (Å²) in [5, 5.41) is 5.75. The van der Waals surface area contributed by atoms with Crippen LogP contribution in [0.5, 0.6) is 0 Å². The first-order valence-electron chi connectivity index (χ1n) is 7.58. The van der Waals surface area contributed by atoms with Crippen molar-refractivity contribution < 1.29 is 0 Å². The Morgan fingerprint density at radius 3 is 2.40 bits per heavy atom. The van der Waals surface area contributed by atoms with Crippen LogP contribution in [0.15, 0.2) is 35.4 Å². The summed E-state index contributed by atoms with van der Waals surface area (Å²) in [5.41, 5.74) is 5.12. The molecule has 0 atom stereocenters. The molecule has 0 bridgehead atoms. The van der Waals surface area contributed by atoms with E-state index in [1.165, 1.54) is 31.2 Å². The van der Waals surface area contributed by atoms with Crippen molar-refractivity contribution in [3.63, 3.8) is 0 Å². The Kier molecular flexibility index (Phi) is 3.57. The largest absolute Gasteiger partial charge is 0.292 e. The summed E-state index contributed by atoms with van der Waals surface area (Å²) < 4.78 is 0. The molecule has 2 aliphatic rings. The minimum atomic E-state index is 0.160. The second kappa shape index (κ2) is 5.10. The van der Waals surface area contributed by atoms with Crippen molar-refractivity contribution in [1.82, 2.24) is 5.43 Å². The fraction of sp³-hybridized carbons (Fsp3) is 0.588. The van der Waals surface area contributed by atoms with Crippen LogP contribution in [-0.2, 0) is 0 Å². The van der Waals surface area contributed by atoms with Gasteiger partial charge in [0.1, 0.15) is 9.91 Å². The van der Waals surface area contributed by atoms with Crippen molar-refractivity contribution in [3.8, 4) is 0 Å². The number of hydrogen-bond acceptors (Lipinski definition) is 3. The zero-order valence-corrected chi connectivity index (χ0v) is 13.5. The van der Waals surface area contributed by atoms with Crippen molar-refractivity contribution in [2.75, 3.05) is 0 Å². The Hall–Kier alpha value is -0.960. The highest BCUT2D eigenvalue weighted by atomic mass is 32.2. The average molecular weight is 288 g/mol. The van der Waals surface area contributed by atoms with Gasteiger partial charge in [0, 0.05) is 5.56 Å². The first-order chi connectivity index (χ1) is 9.49. The summed E-state index contributed by atoms with van der Waals surface area (Å²) in [6, 6.07) is 10.5. The van der Waals surface area contributed by atoms with Gasteiger partial charge in [0.05, 0.1) is 0 Å². The van der Waals surface area contributed by atoms with Gasteiger partial charge in [-0.25, -0.2) is 0 Å². The Balaban J connectivity index is 1.65. The van der Waals surface area contributed by atoms with Crippen LogP contribution in [0.2, 0.25) is 0 Å². The molecule has 0 amide bonds. The van der Waals surface area contributed by atoms with E-state index in [1.807, 2.05) is 11.8 Å². The van der Waals surface area contributed by atoms with E-state index >= 15 is 0 Å². The van der Waals surface area contributed by atoms with Crippen molar-refractivity contribution in [3.05, 3.63) is 35.9 Å². The van der Waals surface area contributed by atoms with Crippen LogP contribution >= 0.6 is 11.8 Å². The highest BCUT2D eigenvalue weighted by Gasteiger charge is 2.42. The molecule has 3 rings (SSSR count). The molecule has 0 saturated heterocycles. The lowest BCUT2D eigenvalue weighted by molar-refractivity contribution is 0.152. The zero-order valence-electron chi connectivity index (χ0n) is 12.6. The summed E-state index contributed by atoms with van der Waals surface area (Å²) >= 11 is 1.94. The number of nitrogens with one attached hydrogen (secondary N) is 1. The van der Waals surface area contributed by atoms with Crippen LogP contribution in [-0.4, -0.2) is 9.91 Å². The standard InChI is InChI=1S/C17H24N2S/c1-16(2,3)14-9-11-17(12-10-14)19-18-15(20-17)13-7-5-4-6-8-13/h4-8,14,19H,9-12H2,1-3H3. The minimum Gasteiger partial charge on any atom is -0.292 e. The SMILES string of the molecule is CC(C)(C)C1CCC2(CC1)NN=C(c1ccccc1)S2. The van der Waals surface area contributed by atoms with Crippen LogP contribution in [0, 0.1) is 11.3 Å². The topological polar surface area (TPSA) is 24.4 Å². The number of thioether (sulfide) groups is 1. The molecule has 0 unspecified atom stereocenters. The molecule has 1 aliphatic carbocycles. The van der Waals surface area contributed by atoms with Gasteiger partial charge < -0.3 is 0 Å². The molecule has 20 heavy (non-hydrogen) atoms. The van der Waals surface area contributed by atoms with E-state index in [0.29, 0.717) is 5.41 Å². The summed E-state index contributed by atoms with van der Waals surface area (Å²) in [5.74, 6) is 0.844. The van der Waals surface area contributed by atoms with Crippen molar-refractivity contribution >= 4 is 16.8 Å². The lowest BCUT2D eigenvalue weighted by atomic mass is 9.71. The summed E-state index contributed by atoms with van der Waals surface area (Å²) in [4.78, 5) is 0.160. The van der Waals surface area contributed by atoms with Crippen molar-refractivity contribution in [1.29, 1.82) is 0 Å². The molecule has 1 spiro atoms. The molecule has 1 heterocycles. The molecule has 1 aromatic rings. The molecule has 1 fully saturated rings. The molecular weight excluding hydrogens is 264 g/mol. The zero-order chi connectivity index (χ0) is 14.2. The third-order valence-corrected chi connectivity index (χ3v) is 6.10. The second-order valence-corrected chi connectivity index (χ2v) is 8.50. The fourth-order valence-corrected chi connectivity index (χ4v) is 4.50. The van der Waals surface area contributed by atoms with Gasteiger partial charge in [0.2, 0.25) is 0 Å². The minimum absolute atomic E-state index is 0.160. The van der Waals surface area contributed by atoms with E-state index in [0.717, 1.165) is 11.0 Å². The first kappa shape index (κ1) is 14.0. The maximum Gasteiger partial charge on any atom is 0.126 e. The Labute approximate surface area is 126 Å². The average Bonchev–Trinajstić information content (AvgIpc) is 2.83. The van der Waals surface area contributed by atoms with Crippen molar-refractivity contribution in [2.45, 2.75) is 51.3 Å². The highest BCUT2D eigenvalue weighted by Crippen LogP contribution is 2.48. The van der Waals surface area contributed by atoms with E-state index < -0.39 is 0 Å². The summed E-state index contributed by atoms with van der Waals surface area (Å²) in [6.07, 6.45) is 5.06. The van der Waals surface area contributed by atoms with Gasteiger partial charge in [0.15, 0.2) is 0 Å². The molecule has 1 aromatic carbocycles. The molecule has 3 heteroatoms. The van der Waals surface area contributed by atoms with E-state index in [-0.39, 0.29) is 4.87 Å². The van der Waals surface area contributed by atoms with E-state index in [2.05, 4.69) is 61.6 Å². The van der Waals surface area contributed by atoms with Crippen LogP contribution < -0.4 is 5.43 Å². The molecule has 1 saturated carbocycles. The van der Waals surface area contributed by atoms with Gasteiger partial charge in [-0.3, -0.25) is 5.43 Å². The van der Waals surface area contributed by atoms with Crippen LogP contribution in [0.25, 0.3) is 0 Å². The third-order valence-electron chi connectivity index (χ3n) is 4.69. The lowest BCUT2D eigenvalue weighted by Crippen LogP contribution is -2.41. The molecular formula is C17H24N2S. The van der Waals surface area contributed by atoms with E-state index in [1.54, 1.807) is 0 Å². The Bertz CT molecular complexity index is 493. The molecule has 0 radical (unpaired) electrons. The number of hydrazone groups is 1. The molecule has 2 nitrogen and oxygen atoms in total. The van der Waals surface area contributed by atoms with Gasteiger partial charge in [-0.2, -0.15) is 5.10 Å². The van der Waals surface area contributed by atoms with Gasteiger partial charge in [0.25, 0.3) is 0 Å². The predicted molar refractivity (Wildman–Crippen MR) is 87.8 cm³/mol. The number of nitrogens with zero attached hydrogens (tertiary/aromatic N) is 1. The van der Waals surface area contributed by atoms with Gasteiger partial charge in [-0.1, -0.05) is 62.9 Å². The second-order valence-electron chi connectivity index (χ2n) is 7.13. The van der Waals surface area contributed by atoms with Crippen molar-refractivity contribution in [2.24, 2.45) is 16.4 Å². The maximum absolute atomic E-state index is 4.60. The van der Waals surface area contributed by atoms with Gasteiger partial charge >= 0.3 is 0 Å². The molecule has 108 valence electrons. The van der Waals surface area contributed by atoms with E-state index in [9.17, 15) is 0 Å². The van der Waals surface area contributed by atoms with Gasteiger partial charge in [-0.05, 0) is 37.0 Å². The summed E-state index contributed by atoms with van der Waals surface area (Å²) in [6.45, 7) is 7.12. The van der Waals surface area contributed by atoms with Crippen LogP contribution in [0.3, 0.4) is 0 Å². The maximum atomic E-state index is 4.60. The predicted octanol–water partition coefficient (Wildman–Crippen LogP) is 4.62. The summed E-state index contributed by atoms with van der Waals surface area (Å²) in [7, 11) is 0. The van der Waals surface area contributed by atoms with E-state index in [4.69, 9.17) is 0 Å².